The van der Waals surface area contributed by atoms with Crippen LogP contribution in [-0.2, 0) is 20.7 Å². The van der Waals surface area contributed by atoms with Crippen LogP contribution >= 0.6 is 0 Å². The van der Waals surface area contributed by atoms with Gasteiger partial charge < -0.3 is 29.7 Å². The van der Waals surface area contributed by atoms with Gasteiger partial charge in [0.1, 0.15) is 17.6 Å². The molecule has 37 heavy (non-hydrogen) atoms. The number of ether oxygens (including phenoxy) is 3. The van der Waals surface area contributed by atoms with Crippen LogP contribution in [-0.4, -0.2) is 53.2 Å². The molecule has 3 N–H and O–H groups in total. The van der Waals surface area contributed by atoms with Crippen LogP contribution in [0, 0.1) is 22.7 Å². The van der Waals surface area contributed by atoms with Crippen molar-refractivity contribution in [2.24, 2.45) is 22.7 Å². The van der Waals surface area contributed by atoms with Gasteiger partial charge in [-0.2, -0.15) is 0 Å². The van der Waals surface area contributed by atoms with Crippen LogP contribution in [0.25, 0.3) is 0 Å². The molecule has 2 saturated carbocycles. The number of allylic oxidation sites excluding steroid dienone is 1. The molecule has 2 aliphatic heterocycles. The van der Waals surface area contributed by atoms with E-state index in [0.29, 0.717) is 43.7 Å². The van der Waals surface area contributed by atoms with E-state index in [1.54, 1.807) is 13.0 Å². The van der Waals surface area contributed by atoms with Crippen molar-refractivity contribution in [2.75, 3.05) is 13.3 Å². The molecule has 1 saturated heterocycles. The highest BCUT2D eigenvalue weighted by Gasteiger charge is 2.67. The number of nitrogens with one attached hydrogen (secondary N) is 1. The molecule has 1 aromatic carbocycles. The predicted octanol–water partition coefficient (Wildman–Crippen LogP) is 2.81. The molecule has 4 bridgehead atoms. The third kappa shape index (κ3) is 3.56. The number of benzene rings is 1. The summed E-state index contributed by atoms with van der Waals surface area (Å²) in [6.45, 7) is 8.44. The Morgan fingerprint density at radius 3 is 2.86 bits per heavy atom. The summed E-state index contributed by atoms with van der Waals surface area (Å²) in [5.41, 5.74) is -0.131. The van der Waals surface area contributed by atoms with Crippen LogP contribution in [0.3, 0.4) is 0 Å². The molecule has 5 aliphatic rings. The lowest BCUT2D eigenvalue weighted by Crippen LogP contribution is -2.56. The lowest BCUT2D eigenvalue weighted by Gasteiger charge is -2.49. The number of rotatable bonds is 6. The van der Waals surface area contributed by atoms with E-state index in [9.17, 15) is 19.8 Å². The summed E-state index contributed by atoms with van der Waals surface area (Å²) in [5, 5.41) is 25.6. The first-order valence-electron chi connectivity index (χ1n) is 13.2. The van der Waals surface area contributed by atoms with Crippen molar-refractivity contribution in [3.63, 3.8) is 0 Å². The van der Waals surface area contributed by atoms with Gasteiger partial charge in [0.25, 0.3) is 0 Å². The van der Waals surface area contributed by atoms with Crippen molar-refractivity contribution in [1.82, 2.24) is 5.32 Å². The molecule has 3 aliphatic carbocycles. The Labute approximate surface area is 216 Å². The van der Waals surface area contributed by atoms with Crippen LogP contribution in [0.15, 0.2) is 42.0 Å². The summed E-state index contributed by atoms with van der Waals surface area (Å²) in [5.74, 6) is -0.396. The summed E-state index contributed by atoms with van der Waals surface area (Å²) in [6, 6.07) is 5.75. The second kappa shape index (κ2) is 8.33. The third-order valence-corrected chi connectivity index (χ3v) is 9.73. The first-order valence-corrected chi connectivity index (χ1v) is 13.2. The summed E-state index contributed by atoms with van der Waals surface area (Å²) < 4.78 is 16.4. The summed E-state index contributed by atoms with van der Waals surface area (Å²) in [6.07, 6.45) is 3.80. The van der Waals surface area contributed by atoms with E-state index >= 15 is 0 Å². The van der Waals surface area contributed by atoms with Gasteiger partial charge >= 0.3 is 5.97 Å². The van der Waals surface area contributed by atoms with E-state index < -0.39 is 46.4 Å². The number of aliphatic hydroxyl groups is 2. The number of fused-ring (bicyclic) bond motifs is 5. The summed E-state index contributed by atoms with van der Waals surface area (Å²) >= 11 is 0. The minimum Gasteiger partial charge on any atom is -0.455 e. The van der Waals surface area contributed by atoms with Gasteiger partial charge in [-0.3, -0.25) is 9.59 Å². The molecule has 0 spiro atoms. The zero-order chi connectivity index (χ0) is 26.2. The van der Waals surface area contributed by atoms with Crippen molar-refractivity contribution in [2.45, 2.75) is 70.2 Å². The van der Waals surface area contributed by atoms with E-state index in [0.717, 1.165) is 29.6 Å². The minimum absolute atomic E-state index is 0.163. The van der Waals surface area contributed by atoms with Crippen molar-refractivity contribution < 1.29 is 34.0 Å². The lowest BCUT2D eigenvalue weighted by atomic mass is 9.53. The highest BCUT2D eigenvalue weighted by molar-refractivity contribution is 5.86. The molecular formula is C29H35NO7. The zero-order valence-corrected chi connectivity index (χ0v) is 21.4. The molecule has 0 radical (unpaired) electrons. The predicted molar refractivity (Wildman–Crippen MR) is 134 cm³/mol. The molecule has 2 heterocycles. The molecule has 7 atom stereocenters. The molecule has 6 rings (SSSR count). The Bertz CT molecular complexity index is 1210. The monoisotopic (exact) mass is 509 g/mol. The van der Waals surface area contributed by atoms with Crippen LogP contribution in [0.4, 0.5) is 0 Å². The Kier molecular flexibility index (Phi) is 5.52. The number of hydrogen-bond donors (Lipinski definition) is 3. The maximum Gasteiger partial charge on any atom is 0.315 e. The Balaban J connectivity index is 1.31. The van der Waals surface area contributed by atoms with Gasteiger partial charge in [0.2, 0.25) is 12.7 Å². The maximum absolute atomic E-state index is 14.2. The number of amides is 1. The van der Waals surface area contributed by atoms with E-state index in [2.05, 4.69) is 11.9 Å². The first-order chi connectivity index (χ1) is 17.6. The van der Waals surface area contributed by atoms with Gasteiger partial charge in [0.05, 0.1) is 11.5 Å². The molecule has 1 amide bonds. The van der Waals surface area contributed by atoms with E-state index in [-0.39, 0.29) is 12.7 Å². The third-order valence-electron chi connectivity index (χ3n) is 9.73. The molecule has 1 unspecified atom stereocenters. The fourth-order valence-corrected chi connectivity index (χ4v) is 7.89. The number of carbonyl (C=O) groups is 2. The molecule has 8 nitrogen and oxygen atoms in total. The SMILES string of the molecule is C=C1C[C@@]2([C@@H](C(=O)NCCc3ccc4c(c3)OCO4)C3C(C)=C[C@H]4OC(=O)[C@]3(C)[C@H]4O)CCC[C@]1(O)C2. The quantitative estimate of drug-likeness (QED) is 0.399. The van der Waals surface area contributed by atoms with Gasteiger partial charge in [-0.1, -0.05) is 18.2 Å². The molecular weight excluding hydrogens is 474 g/mol. The Morgan fingerprint density at radius 2 is 2.05 bits per heavy atom. The highest BCUT2D eigenvalue weighted by Crippen LogP contribution is 2.64. The van der Waals surface area contributed by atoms with Crippen molar-refractivity contribution in [3.05, 3.63) is 47.6 Å². The van der Waals surface area contributed by atoms with Crippen molar-refractivity contribution in [1.29, 1.82) is 0 Å². The minimum atomic E-state index is -1.24. The first kappa shape index (κ1) is 24.5. The van der Waals surface area contributed by atoms with E-state index in [1.165, 1.54) is 0 Å². The number of hydrogen-bond acceptors (Lipinski definition) is 7. The largest absolute Gasteiger partial charge is 0.455 e. The van der Waals surface area contributed by atoms with Crippen LogP contribution in [0.5, 0.6) is 11.5 Å². The maximum atomic E-state index is 14.2. The normalized spacial score (nSPS) is 38.3. The van der Waals surface area contributed by atoms with Gasteiger partial charge in [0, 0.05) is 12.5 Å². The van der Waals surface area contributed by atoms with Gasteiger partial charge in [-0.15, -0.1) is 0 Å². The number of esters is 1. The van der Waals surface area contributed by atoms with E-state index in [4.69, 9.17) is 14.2 Å². The van der Waals surface area contributed by atoms with Crippen LogP contribution < -0.4 is 14.8 Å². The molecule has 198 valence electrons. The standard InChI is InChI=1S/C29H35NO7/c1-16-11-21-24(31)27(3,26(33)37-21)22(16)23(28-8-4-9-29(34,14-28)17(2)13-28)25(32)30-10-7-18-5-6-19-20(12-18)36-15-35-19/h5-6,11-12,21-24,31,34H,2,4,7-10,13-15H2,1,3H3,(H,30,32)/t21-,22?,23-,24+,27+,28+,29+/m1/s1. The average molecular weight is 510 g/mol. The Morgan fingerprint density at radius 1 is 1.27 bits per heavy atom. The summed E-state index contributed by atoms with van der Waals surface area (Å²) in [4.78, 5) is 27.3. The van der Waals surface area contributed by atoms with Gasteiger partial charge in [-0.25, -0.2) is 0 Å². The second-order valence-electron chi connectivity index (χ2n) is 11.9. The fourth-order valence-electron chi connectivity index (χ4n) is 7.89. The fraction of sp³-hybridized carbons (Fsp3) is 0.586. The molecule has 3 fully saturated rings. The molecule has 0 aromatic heterocycles. The average Bonchev–Trinajstić information content (AvgIpc) is 3.43. The highest BCUT2D eigenvalue weighted by atomic mass is 16.7. The second-order valence-corrected chi connectivity index (χ2v) is 11.9. The summed E-state index contributed by atoms with van der Waals surface area (Å²) in [7, 11) is 0. The van der Waals surface area contributed by atoms with E-state index in [1.807, 2.05) is 25.1 Å². The number of carbonyl (C=O) groups excluding carboxylic acids is 2. The topological polar surface area (TPSA) is 114 Å². The Hall–Kier alpha value is -2.84. The van der Waals surface area contributed by atoms with Gasteiger partial charge in [0.15, 0.2) is 11.5 Å². The zero-order valence-electron chi connectivity index (χ0n) is 21.4. The van der Waals surface area contributed by atoms with Crippen molar-refractivity contribution in [3.8, 4) is 11.5 Å². The smallest absolute Gasteiger partial charge is 0.315 e. The number of aliphatic hydroxyl groups excluding tert-OH is 1. The van der Waals surface area contributed by atoms with Crippen molar-refractivity contribution >= 4 is 11.9 Å². The lowest BCUT2D eigenvalue weighted by molar-refractivity contribution is -0.154. The van der Waals surface area contributed by atoms with Crippen LogP contribution in [0.2, 0.25) is 0 Å². The molecule has 8 heteroatoms. The molecule has 1 aromatic rings. The van der Waals surface area contributed by atoms with Crippen LogP contribution in [0.1, 0.15) is 51.5 Å². The van der Waals surface area contributed by atoms with Gasteiger partial charge in [-0.05, 0) is 87.1 Å².